The fourth-order valence-electron chi connectivity index (χ4n) is 3.39. The zero-order valence-electron chi connectivity index (χ0n) is 19.1. The maximum atomic E-state index is 11.7. The first-order valence-corrected chi connectivity index (χ1v) is 11.9. The van der Waals surface area contributed by atoms with Crippen molar-refractivity contribution in [3.63, 3.8) is 0 Å². The lowest BCUT2D eigenvalue weighted by molar-refractivity contribution is -0.118. The quantitative estimate of drug-likeness (QED) is 0.463. The van der Waals surface area contributed by atoms with Crippen LogP contribution in [0.2, 0.25) is 0 Å². The number of aryl methyl sites for hydroxylation is 1. The van der Waals surface area contributed by atoms with Crippen molar-refractivity contribution in [2.75, 3.05) is 25.1 Å². The van der Waals surface area contributed by atoms with Crippen LogP contribution < -0.4 is 19.7 Å². The van der Waals surface area contributed by atoms with Gasteiger partial charge in [-0.05, 0) is 48.2 Å². The van der Waals surface area contributed by atoms with Crippen LogP contribution in [0.4, 0.5) is 10.6 Å². The van der Waals surface area contributed by atoms with Gasteiger partial charge in [-0.2, -0.15) is 0 Å². The summed E-state index contributed by atoms with van der Waals surface area (Å²) in [6.45, 7) is 3.19. The second kappa shape index (κ2) is 11.0. The molecule has 0 aliphatic carbocycles. The maximum Gasteiger partial charge on any atom is 0.286 e. The molecule has 0 spiro atoms. The van der Waals surface area contributed by atoms with Crippen molar-refractivity contribution < 1.29 is 19.1 Å². The van der Waals surface area contributed by atoms with Crippen molar-refractivity contribution >= 4 is 28.7 Å². The van der Waals surface area contributed by atoms with E-state index in [-0.39, 0.29) is 16.4 Å². The van der Waals surface area contributed by atoms with Crippen molar-refractivity contribution in [1.29, 1.82) is 0 Å². The summed E-state index contributed by atoms with van der Waals surface area (Å²) >= 11 is 1.03. The number of carbonyl (C=O) groups excluding carboxylic acids is 2. The van der Waals surface area contributed by atoms with Gasteiger partial charge in [-0.15, -0.1) is 0 Å². The van der Waals surface area contributed by atoms with E-state index in [0.717, 1.165) is 41.1 Å². The minimum Gasteiger partial charge on any atom is -0.492 e. The van der Waals surface area contributed by atoms with E-state index in [1.807, 2.05) is 60.5 Å². The Labute approximate surface area is 202 Å². The van der Waals surface area contributed by atoms with Crippen LogP contribution >= 0.6 is 11.8 Å². The summed E-state index contributed by atoms with van der Waals surface area (Å²) in [5.74, 6) is 2.45. The molecule has 0 bridgehead atoms. The molecule has 0 radical (unpaired) electrons. The van der Waals surface area contributed by atoms with Gasteiger partial charge in [0.2, 0.25) is 11.8 Å². The number of thioether (sulfide) groups is 1. The average Bonchev–Trinajstić information content (AvgIpc) is 3.17. The van der Waals surface area contributed by atoms with E-state index in [4.69, 9.17) is 9.47 Å². The van der Waals surface area contributed by atoms with E-state index >= 15 is 0 Å². The summed E-state index contributed by atoms with van der Waals surface area (Å²) in [6.07, 6.45) is 2.97. The highest BCUT2D eigenvalue weighted by molar-refractivity contribution is 8.15. The number of hydrogen-bond acceptors (Lipinski definition) is 8. The largest absolute Gasteiger partial charge is 0.492 e. The van der Waals surface area contributed by atoms with Crippen LogP contribution in [-0.4, -0.2) is 46.6 Å². The second-order valence-electron chi connectivity index (χ2n) is 7.82. The van der Waals surface area contributed by atoms with E-state index in [0.29, 0.717) is 25.5 Å². The number of anilines is 1. The van der Waals surface area contributed by atoms with Gasteiger partial charge < -0.3 is 14.4 Å². The molecule has 9 heteroatoms. The molecule has 8 nitrogen and oxygen atoms in total. The number of amides is 2. The maximum absolute atomic E-state index is 11.7. The lowest BCUT2D eigenvalue weighted by atomic mass is 10.1. The summed E-state index contributed by atoms with van der Waals surface area (Å²) in [6, 6.07) is 17.3. The third-order valence-corrected chi connectivity index (χ3v) is 6.36. The van der Waals surface area contributed by atoms with Crippen LogP contribution in [0.5, 0.6) is 17.4 Å². The molecule has 4 rings (SSSR count). The Morgan fingerprint density at radius 3 is 2.38 bits per heavy atom. The molecule has 1 atom stereocenters. The van der Waals surface area contributed by atoms with E-state index in [9.17, 15) is 9.59 Å². The predicted molar refractivity (Wildman–Crippen MR) is 132 cm³/mol. The van der Waals surface area contributed by atoms with Crippen molar-refractivity contribution in [3.8, 4) is 17.4 Å². The van der Waals surface area contributed by atoms with E-state index in [2.05, 4.69) is 22.2 Å². The highest BCUT2D eigenvalue weighted by atomic mass is 32.2. The highest BCUT2D eigenvalue weighted by Crippen LogP contribution is 2.24. The van der Waals surface area contributed by atoms with Gasteiger partial charge in [0.1, 0.15) is 30.3 Å². The number of nitrogens with one attached hydrogen (secondary N) is 1. The molecule has 1 aliphatic heterocycles. The first-order chi connectivity index (χ1) is 16.5. The number of imide groups is 1. The Balaban J connectivity index is 1.25. The molecule has 1 N–H and O–H groups in total. The van der Waals surface area contributed by atoms with Gasteiger partial charge in [-0.25, -0.2) is 9.97 Å². The summed E-state index contributed by atoms with van der Waals surface area (Å²) in [7, 11) is 1.93. The number of benzene rings is 2. The van der Waals surface area contributed by atoms with Crippen molar-refractivity contribution in [1.82, 2.24) is 15.3 Å². The van der Waals surface area contributed by atoms with Gasteiger partial charge in [0.15, 0.2) is 0 Å². The van der Waals surface area contributed by atoms with Crippen LogP contribution in [0.25, 0.3) is 0 Å². The molecule has 1 aliphatic rings. The Bertz CT molecular complexity index is 1140. The molecule has 1 fully saturated rings. The third-order valence-electron chi connectivity index (χ3n) is 5.38. The Kier molecular flexibility index (Phi) is 7.64. The third kappa shape index (κ3) is 6.26. The van der Waals surface area contributed by atoms with Crippen LogP contribution in [0.1, 0.15) is 18.1 Å². The number of nitrogens with zero attached hydrogens (tertiary/aromatic N) is 3. The van der Waals surface area contributed by atoms with E-state index < -0.39 is 0 Å². The molecule has 2 aromatic carbocycles. The molecule has 1 aromatic heterocycles. The van der Waals surface area contributed by atoms with Gasteiger partial charge >= 0.3 is 0 Å². The molecule has 0 saturated carbocycles. The standard InChI is InChI=1S/C25H26N4O4S/c1-3-17-4-10-20(11-5-17)33-23-15-22(26-16-27-23)29(2)12-13-32-19-8-6-18(7-9-19)14-21-24(30)28-25(31)34-21/h4-11,15-16,21H,3,12-14H2,1-2H3,(H,28,30,31). The van der Waals surface area contributed by atoms with Gasteiger partial charge in [0.25, 0.3) is 5.24 Å². The number of rotatable bonds is 10. The van der Waals surface area contributed by atoms with Crippen LogP contribution in [0, 0.1) is 0 Å². The Hall–Kier alpha value is -3.59. The molecular formula is C25H26N4O4S. The van der Waals surface area contributed by atoms with Gasteiger partial charge in [-0.1, -0.05) is 43.0 Å². The lowest BCUT2D eigenvalue weighted by Crippen LogP contribution is -2.25. The predicted octanol–water partition coefficient (Wildman–Crippen LogP) is 4.24. The first-order valence-electron chi connectivity index (χ1n) is 11.0. The minimum atomic E-state index is -0.370. The fraction of sp³-hybridized carbons (Fsp3) is 0.280. The molecule has 2 amide bonds. The Morgan fingerprint density at radius 1 is 1.00 bits per heavy atom. The zero-order chi connectivity index (χ0) is 23.9. The van der Waals surface area contributed by atoms with Crippen molar-refractivity contribution in [3.05, 3.63) is 72.1 Å². The number of hydrogen-bond donors (Lipinski definition) is 1. The van der Waals surface area contributed by atoms with Crippen LogP contribution in [0.15, 0.2) is 60.9 Å². The SMILES string of the molecule is CCc1ccc(Oc2cc(N(C)CCOc3ccc(CC4SC(=O)NC4=O)cc3)ncn2)cc1. The van der Waals surface area contributed by atoms with Gasteiger partial charge in [-0.3, -0.25) is 14.9 Å². The summed E-state index contributed by atoms with van der Waals surface area (Å²) in [4.78, 5) is 33.5. The molecule has 1 unspecified atom stereocenters. The number of ether oxygens (including phenoxy) is 2. The fourth-order valence-corrected chi connectivity index (χ4v) is 4.25. The molecule has 3 aromatic rings. The summed E-state index contributed by atoms with van der Waals surface area (Å²) in [5, 5.41) is 1.65. The second-order valence-corrected chi connectivity index (χ2v) is 8.99. The minimum absolute atomic E-state index is 0.231. The van der Waals surface area contributed by atoms with Crippen molar-refractivity contribution in [2.45, 2.75) is 25.0 Å². The number of aromatic nitrogens is 2. The smallest absolute Gasteiger partial charge is 0.286 e. The van der Waals surface area contributed by atoms with Crippen LogP contribution in [0.3, 0.4) is 0 Å². The monoisotopic (exact) mass is 478 g/mol. The molecule has 34 heavy (non-hydrogen) atoms. The zero-order valence-corrected chi connectivity index (χ0v) is 19.9. The average molecular weight is 479 g/mol. The topological polar surface area (TPSA) is 93.7 Å². The molecule has 1 saturated heterocycles. The molecule has 2 heterocycles. The van der Waals surface area contributed by atoms with E-state index in [1.54, 1.807) is 6.07 Å². The van der Waals surface area contributed by atoms with Gasteiger partial charge in [0.05, 0.1) is 11.8 Å². The summed E-state index contributed by atoms with van der Waals surface area (Å²) in [5.41, 5.74) is 2.23. The normalized spacial score (nSPS) is 15.2. The summed E-state index contributed by atoms with van der Waals surface area (Å²) < 4.78 is 11.7. The molecule has 176 valence electrons. The molecular weight excluding hydrogens is 452 g/mol. The first kappa shape index (κ1) is 23.6. The highest BCUT2D eigenvalue weighted by Gasteiger charge is 2.31. The number of likely N-dealkylation sites (N-methyl/N-ethyl adjacent to an activating group) is 1. The van der Waals surface area contributed by atoms with Crippen LogP contribution in [-0.2, 0) is 17.6 Å². The van der Waals surface area contributed by atoms with E-state index in [1.165, 1.54) is 11.9 Å². The number of carbonyl (C=O) groups is 2. The van der Waals surface area contributed by atoms with Crippen molar-refractivity contribution in [2.24, 2.45) is 0 Å². The van der Waals surface area contributed by atoms with Gasteiger partial charge in [0, 0.05) is 13.1 Å². The lowest BCUT2D eigenvalue weighted by Gasteiger charge is -2.18. The Morgan fingerprint density at radius 2 is 1.71 bits per heavy atom.